The van der Waals surface area contributed by atoms with E-state index in [1.807, 2.05) is 78.3 Å². The molecule has 0 bridgehead atoms. The number of aryl methyl sites for hydroxylation is 1. The second kappa shape index (κ2) is 9.43. The summed E-state index contributed by atoms with van der Waals surface area (Å²) in [5.74, 6) is 0.0202. The van der Waals surface area contributed by atoms with Gasteiger partial charge in [0, 0.05) is 17.8 Å². The molecular weight excluding hydrogens is 382 g/mol. The van der Waals surface area contributed by atoms with Crippen LogP contribution < -0.4 is 5.32 Å². The number of amides is 1. The Balaban J connectivity index is 1.43. The zero-order valence-corrected chi connectivity index (χ0v) is 18.0. The van der Waals surface area contributed by atoms with Gasteiger partial charge in [0.2, 0.25) is 5.91 Å². The Kier molecular flexibility index (Phi) is 6.27. The van der Waals surface area contributed by atoms with E-state index in [9.17, 15) is 4.79 Å². The molecule has 1 amide bonds. The van der Waals surface area contributed by atoms with Crippen LogP contribution in [0.2, 0.25) is 0 Å². The number of para-hydroxylation sites is 2. The number of benzene rings is 3. The summed E-state index contributed by atoms with van der Waals surface area (Å²) in [6.07, 6.45) is 1.87. The van der Waals surface area contributed by atoms with Gasteiger partial charge in [0.05, 0.1) is 11.4 Å². The molecule has 4 heteroatoms. The average Bonchev–Trinajstić information content (AvgIpc) is 3.08. The largest absolute Gasteiger partial charge is 0.326 e. The average molecular weight is 410 g/mol. The summed E-state index contributed by atoms with van der Waals surface area (Å²) in [5, 5.41) is 7.80. The Morgan fingerprint density at radius 1 is 0.871 bits per heavy atom. The predicted octanol–water partition coefficient (Wildman–Crippen LogP) is 5.65. The number of carbonyl (C=O) groups excluding carboxylic acids is 1. The van der Waals surface area contributed by atoms with Gasteiger partial charge in [0.25, 0.3) is 0 Å². The van der Waals surface area contributed by atoms with Gasteiger partial charge >= 0.3 is 0 Å². The van der Waals surface area contributed by atoms with Crippen molar-refractivity contribution >= 4 is 11.6 Å². The minimum Gasteiger partial charge on any atom is -0.326 e. The van der Waals surface area contributed by atoms with Crippen molar-refractivity contribution in [1.82, 2.24) is 9.78 Å². The van der Waals surface area contributed by atoms with E-state index in [4.69, 9.17) is 0 Å². The lowest BCUT2D eigenvalue weighted by Gasteiger charge is -2.11. The monoisotopic (exact) mass is 409 g/mol. The van der Waals surface area contributed by atoms with Crippen molar-refractivity contribution in [2.75, 3.05) is 5.32 Å². The summed E-state index contributed by atoms with van der Waals surface area (Å²) in [7, 11) is 0. The van der Waals surface area contributed by atoms with Crippen LogP contribution in [0.5, 0.6) is 0 Å². The van der Waals surface area contributed by atoms with Crippen molar-refractivity contribution in [1.29, 1.82) is 0 Å². The van der Waals surface area contributed by atoms with E-state index in [-0.39, 0.29) is 5.91 Å². The Morgan fingerprint density at radius 3 is 2.26 bits per heavy atom. The molecule has 0 aliphatic rings. The lowest BCUT2D eigenvalue weighted by Crippen LogP contribution is -2.14. The number of hydrogen-bond acceptors (Lipinski definition) is 2. The first-order valence-electron chi connectivity index (χ1n) is 10.6. The molecule has 0 radical (unpaired) electrons. The summed E-state index contributed by atoms with van der Waals surface area (Å²) in [5.41, 5.74) is 7.45. The second-order valence-electron chi connectivity index (χ2n) is 7.76. The van der Waals surface area contributed by atoms with Crippen molar-refractivity contribution in [3.05, 3.63) is 113 Å². The third-order valence-corrected chi connectivity index (χ3v) is 5.57. The summed E-state index contributed by atoms with van der Waals surface area (Å²) in [6.45, 7) is 4.07. The zero-order chi connectivity index (χ0) is 21.6. The molecule has 1 heterocycles. The normalized spacial score (nSPS) is 10.8. The minimum absolute atomic E-state index is 0.0202. The Bertz CT molecular complexity index is 1160. The van der Waals surface area contributed by atoms with Gasteiger partial charge in [0.15, 0.2) is 0 Å². The van der Waals surface area contributed by atoms with Crippen molar-refractivity contribution in [3.63, 3.8) is 0 Å². The van der Waals surface area contributed by atoms with Crippen LogP contribution in [-0.4, -0.2) is 15.7 Å². The molecule has 0 fully saturated rings. The van der Waals surface area contributed by atoms with Gasteiger partial charge in [-0.05, 0) is 61.6 Å². The fourth-order valence-corrected chi connectivity index (χ4v) is 3.92. The number of rotatable bonds is 7. The van der Waals surface area contributed by atoms with Gasteiger partial charge in [-0.2, -0.15) is 5.10 Å². The van der Waals surface area contributed by atoms with Crippen LogP contribution >= 0.6 is 0 Å². The van der Waals surface area contributed by atoms with Crippen molar-refractivity contribution in [2.45, 2.75) is 33.1 Å². The highest BCUT2D eigenvalue weighted by Gasteiger charge is 2.15. The highest BCUT2D eigenvalue weighted by atomic mass is 16.1. The van der Waals surface area contributed by atoms with E-state index in [1.54, 1.807) is 0 Å². The maximum Gasteiger partial charge on any atom is 0.224 e. The minimum atomic E-state index is 0.0202. The maximum absolute atomic E-state index is 12.8. The standard InChI is InChI=1S/C27H27N3O/c1-20-25(21(2)30(29-20)24-14-7-4-8-15-24)17-18-27(31)28-26-16-10-9-13-23(26)19-22-11-5-3-6-12-22/h3-16H,17-19H2,1-2H3,(H,28,31). The van der Waals surface area contributed by atoms with E-state index in [0.29, 0.717) is 12.8 Å². The summed E-state index contributed by atoms with van der Waals surface area (Å²) in [4.78, 5) is 12.8. The van der Waals surface area contributed by atoms with E-state index in [0.717, 1.165) is 40.3 Å². The third kappa shape index (κ3) is 4.92. The van der Waals surface area contributed by atoms with Gasteiger partial charge in [-0.25, -0.2) is 4.68 Å². The molecule has 0 atom stereocenters. The van der Waals surface area contributed by atoms with Gasteiger partial charge in [0.1, 0.15) is 0 Å². The fraction of sp³-hybridized carbons (Fsp3) is 0.185. The molecule has 31 heavy (non-hydrogen) atoms. The lowest BCUT2D eigenvalue weighted by molar-refractivity contribution is -0.116. The molecule has 4 aromatic rings. The molecule has 0 saturated carbocycles. The second-order valence-corrected chi connectivity index (χ2v) is 7.76. The van der Waals surface area contributed by atoms with Crippen LogP contribution in [0.3, 0.4) is 0 Å². The SMILES string of the molecule is Cc1nn(-c2ccccc2)c(C)c1CCC(=O)Nc1ccccc1Cc1ccccc1. The smallest absolute Gasteiger partial charge is 0.224 e. The number of carbonyl (C=O) groups is 1. The first kappa shape index (κ1) is 20.6. The first-order valence-corrected chi connectivity index (χ1v) is 10.6. The van der Waals surface area contributed by atoms with Gasteiger partial charge in [-0.15, -0.1) is 0 Å². The molecule has 4 rings (SSSR count). The molecule has 0 aliphatic heterocycles. The highest BCUT2D eigenvalue weighted by Crippen LogP contribution is 2.22. The molecule has 0 unspecified atom stereocenters. The molecule has 4 nitrogen and oxygen atoms in total. The summed E-state index contributed by atoms with van der Waals surface area (Å²) >= 11 is 0. The fourth-order valence-electron chi connectivity index (χ4n) is 3.92. The zero-order valence-electron chi connectivity index (χ0n) is 18.0. The Morgan fingerprint density at radius 2 is 1.52 bits per heavy atom. The van der Waals surface area contributed by atoms with E-state index < -0.39 is 0 Å². The van der Waals surface area contributed by atoms with Crippen LogP contribution in [-0.2, 0) is 17.6 Å². The molecule has 3 aromatic carbocycles. The first-order chi connectivity index (χ1) is 15.1. The summed E-state index contributed by atoms with van der Waals surface area (Å²) in [6, 6.07) is 28.4. The van der Waals surface area contributed by atoms with Gasteiger partial charge < -0.3 is 5.32 Å². The lowest BCUT2D eigenvalue weighted by atomic mass is 10.0. The van der Waals surface area contributed by atoms with Crippen LogP contribution in [0.4, 0.5) is 5.69 Å². The molecule has 156 valence electrons. The molecular formula is C27H27N3O. The van der Waals surface area contributed by atoms with Gasteiger partial charge in [-0.3, -0.25) is 4.79 Å². The van der Waals surface area contributed by atoms with Crippen molar-refractivity contribution < 1.29 is 4.79 Å². The number of hydrogen-bond donors (Lipinski definition) is 1. The quantitative estimate of drug-likeness (QED) is 0.429. The van der Waals surface area contributed by atoms with Crippen LogP contribution in [0, 0.1) is 13.8 Å². The summed E-state index contributed by atoms with van der Waals surface area (Å²) < 4.78 is 1.96. The maximum atomic E-state index is 12.8. The van der Waals surface area contributed by atoms with Crippen molar-refractivity contribution in [2.24, 2.45) is 0 Å². The van der Waals surface area contributed by atoms with Crippen LogP contribution in [0.25, 0.3) is 5.69 Å². The van der Waals surface area contributed by atoms with Crippen molar-refractivity contribution in [3.8, 4) is 5.69 Å². The Hall–Kier alpha value is -3.66. The van der Waals surface area contributed by atoms with Crippen LogP contribution in [0.15, 0.2) is 84.9 Å². The number of nitrogens with one attached hydrogen (secondary N) is 1. The molecule has 0 spiro atoms. The highest BCUT2D eigenvalue weighted by molar-refractivity contribution is 5.91. The molecule has 1 N–H and O–H groups in total. The number of aromatic nitrogens is 2. The molecule has 0 aliphatic carbocycles. The number of anilines is 1. The van der Waals surface area contributed by atoms with Gasteiger partial charge in [-0.1, -0.05) is 66.7 Å². The van der Waals surface area contributed by atoms with E-state index in [1.165, 1.54) is 5.56 Å². The van der Waals surface area contributed by atoms with E-state index >= 15 is 0 Å². The van der Waals surface area contributed by atoms with E-state index in [2.05, 4.69) is 35.5 Å². The Labute approximate surface area is 183 Å². The van der Waals surface area contributed by atoms with Crippen LogP contribution in [0.1, 0.15) is 34.5 Å². The predicted molar refractivity (Wildman–Crippen MR) is 126 cm³/mol. The topological polar surface area (TPSA) is 46.9 Å². The third-order valence-electron chi connectivity index (χ3n) is 5.57. The molecule has 0 saturated heterocycles. The molecule has 1 aromatic heterocycles. The number of nitrogens with zero attached hydrogens (tertiary/aromatic N) is 2.